The molecule has 1 amide bonds. The smallest absolute Gasteiger partial charge is 0.531 e. The quantitative estimate of drug-likeness (QED) is 0.844. The number of aromatic amines is 1. The molecule has 0 aromatic carbocycles. The summed E-state index contributed by atoms with van der Waals surface area (Å²) in [5, 5.41) is 10.9. The highest BCUT2D eigenvalue weighted by Gasteiger charge is 2.37. The summed E-state index contributed by atoms with van der Waals surface area (Å²) in [5.41, 5.74) is 2.83. The standard InChI is InChI=1S/C16H18BN3O3/c1-2-3-14(21)20-8-10(9-20)12-6-17(22)23-13-7-19-16-11(15(12)13)4-5-18-16/h4-7,10,22H,2-3,8-9H2,1H3,(H,18,19). The Morgan fingerprint density at radius 2 is 2.39 bits per heavy atom. The first kappa shape index (κ1) is 14.3. The molecule has 2 aromatic heterocycles. The fraction of sp³-hybridized carbons (Fsp3) is 0.375. The van der Waals surface area contributed by atoms with Crippen molar-refractivity contribution >= 4 is 29.6 Å². The molecular weight excluding hydrogens is 293 g/mol. The number of hydrogen-bond donors (Lipinski definition) is 2. The molecule has 0 atom stereocenters. The van der Waals surface area contributed by atoms with E-state index in [1.54, 1.807) is 12.2 Å². The van der Waals surface area contributed by atoms with Crippen LogP contribution in [0.4, 0.5) is 0 Å². The molecule has 0 saturated carbocycles. The Morgan fingerprint density at radius 3 is 3.17 bits per heavy atom. The number of rotatable bonds is 3. The number of likely N-dealkylation sites (tertiary alicyclic amines) is 1. The summed E-state index contributed by atoms with van der Waals surface area (Å²) >= 11 is 0. The largest absolute Gasteiger partial charge is 0.552 e. The van der Waals surface area contributed by atoms with Crippen LogP contribution < -0.4 is 4.65 Å². The monoisotopic (exact) mass is 311 g/mol. The van der Waals surface area contributed by atoms with Gasteiger partial charge in [0, 0.05) is 42.6 Å². The summed E-state index contributed by atoms with van der Waals surface area (Å²) in [4.78, 5) is 21.2. The van der Waals surface area contributed by atoms with Crippen molar-refractivity contribution in [1.29, 1.82) is 0 Å². The third kappa shape index (κ3) is 2.32. The molecule has 6 nitrogen and oxygen atoms in total. The number of carbonyl (C=O) groups excluding carboxylic acids is 1. The molecule has 0 spiro atoms. The van der Waals surface area contributed by atoms with E-state index < -0.39 is 7.12 Å². The van der Waals surface area contributed by atoms with Crippen molar-refractivity contribution in [3.63, 3.8) is 0 Å². The average molecular weight is 311 g/mol. The van der Waals surface area contributed by atoms with Gasteiger partial charge in [-0.1, -0.05) is 6.92 Å². The number of H-pyrrole nitrogens is 1. The Kier molecular flexibility index (Phi) is 3.38. The third-order valence-electron chi connectivity index (χ3n) is 4.55. The molecule has 118 valence electrons. The van der Waals surface area contributed by atoms with Crippen molar-refractivity contribution in [2.75, 3.05) is 13.1 Å². The molecule has 2 N–H and O–H groups in total. The van der Waals surface area contributed by atoms with E-state index in [2.05, 4.69) is 9.97 Å². The molecule has 0 unspecified atom stereocenters. The average Bonchev–Trinajstić information content (AvgIpc) is 2.93. The predicted molar refractivity (Wildman–Crippen MR) is 87.6 cm³/mol. The van der Waals surface area contributed by atoms with Gasteiger partial charge in [0.1, 0.15) is 11.4 Å². The van der Waals surface area contributed by atoms with E-state index in [0.717, 1.165) is 28.6 Å². The van der Waals surface area contributed by atoms with Crippen LogP contribution in [0.3, 0.4) is 0 Å². The van der Waals surface area contributed by atoms with Crippen LogP contribution >= 0.6 is 0 Å². The van der Waals surface area contributed by atoms with Gasteiger partial charge in [0.05, 0.1) is 6.20 Å². The second kappa shape index (κ2) is 5.42. The molecule has 0 bridgehead atoms. The first-order valence-corrected chi connectivity index (χ1v) is 7.98. The Labute approximate surface area is 134 Å². The fourth-order valence-electron chi connectivity index (χ4n) is 3.37. The van der Waals surface area contributed by atoms with Crippen LogP contribution in [-0.2, 0) is 4.79 Å². The molecule has 0 aliphatic carbocycles. The van der Waals surface area contributed by atoms with Crippen LogP contribution in [0, 0.1) is 5.92 Å². The Balaban J connectivity index is 1.65. The van der Waals surface area contributed by atoms with Gasteiger partial charge in [-0.3, -0.25) is 4.79 Å². The van der Waals surface area contributed by atoms with Crippen LogP contribution in [0.2, 0.25) is 0 Å². The van der Waals surface area contributed by atoms with E-state index in [-0.39, 0.29) is 11.8 Å². The number of nitrogens with one attached hydrogen (secondary N) is 1. The Hall–Kier alpha value is -2.28. The zero-order valence-electron chi connectivity index (χ0n) is 13.0. The maximum atomic E-state index is 12.0. The van der Waals surface area contributed by atoms with Crippen LogP contribution in [-0.4, -0.2) is 46.0 Å². The van der Waals surface area contributed by atoms with E-state index >= 15 is 0 Å². The van der Waals surface area contributed by atoms with E-state index in [0.29, 0.717) is 25.3 Å². The fourth-order valence-corrected chi connectivity index (χ4v) is 3.37. The summed E-state index contributed by atoms with van der Waals surface area (Å²) in [5.74, 6) is 2.79. The lowest BCUT2D eigenvalue weighted by Gasteiger charge is -2.42. The van der Waals surface area contributed by atoms with Gasteiger partial charge in [0.2, 0.25) is 5.91 Å². The molecule has 4 heterocycles. The number of hydrogen-bond acceptors (Lipinski definition) is 4. The minimum Gasteiger partial charge on any atom is -0.531 e. The van der Waals surface area contributed by atoms with Gasteiger partial charge in [0.25, 0.3) is 0 Å². The topological polar surface area (TPSA) is 78.5 Å². The van der Waals surface area contributed by atoms with Crippen LogP contribution in [0.1, 0.15) is 25.3 Å². The lowest BCUT2D eigenvalue weighted by atomic mass is 9.75. The molecule has 0 radical (unpaired) electrons. The minimum absolute atomic E-state index is 0.207. The van der Waals surface area contributed by atoms with Gasteiger partial charge < -0.3 is 19.6 Å². The predicted octanol–water partition coefficient (Wildman–Crippen LogP) is 1.62. The number of aromatic nitrogens is 2. The van der Waals surface area contributed by atoms with Crippen molar-refractivity contribution in [1.82, 2.24) is 14.9 Å². The third-order valence-corrected chi connectivity index (χ3v) is 4.55. The molecular formula is C16H18BN3O3. The highest BCUT2D eigenvalue weighted by molar-refractivity contribution is 6.52. The summed E-state index contributed by atoms with van der Waals surface area (Å²) in [6.45, 7) is 3.41. The van der Waals surface area contributed by atoms with Crippen molar-refractivity contribution in [3.8, 4) is 5.75 Å². The lowest BCUT2D eigenvalue weighted by Crippen LogP contribution is -2.50. The van der Waals surface area contributed by atoms with Crippen molar-refractivity contribution in [2.45, 2.75) is 19.8 Å². The maximum absolute atomic E-state index is 12.0. The molecule has 1 fully saturated rings. The maximum Gasteiger partial charge on any atom is 0.552 e. The zero-order chi connectivity index (χ0) is 16.0. The Bertz CT molecular complexity index is 795. The first-order valence-electron chi connectivity index (χ1n) is 7.98. The molecule has 4 rings (SSSR count). The van der Waals surface area contributed by atoms with E-state index in [1.165, 1.54) is 0 Å². The molecule has 2 aliphatic rings. The second-order valence-corrected chi connectivity index (χ2v) is 6.11. The molecule has 1 saturated heterocycles. The van der Waals surface area contributed by atoms with E-state index in [4.69, 9.17) is 4.65 Å². The summed E-state index contributed by atoms with van der Waals surface area (Å²) in [6, 6.07) is 1.97. The highest BCUT2D eigenvalue weighted by Crippen LogP contribution is 2.41. The zero-order valence-corrected chi connectivity index (χ0v) is 13.0. The van der Waals surface area contributed by atoms with Gasteiger partial charge >= 0.3 is 7.12 Å². The second-order valence-electron chi connectivity index (χ2n) is 6.11. The number of amides is 1. The van der Waals surface area contributed by atoms with Crippen LogP contribution in [0.5, 0.6) is 5.75 Å². The van der Waals surface area contributed by atoms with Crippen LogP contribution in [0.25, 0.3) is 16.6 Å². The minimum atomic E-state index is -0.962. The highest BCUT2D eigenvalue weighted by atomic mass is 16.5. The molecule has 2 aliphatic heterocycles. The van der Waals surface area contributed by atoms with Gasteiger partial charge in [0.15, 0.2) is 0 Å². The lowest BCUT2D eigenvalue weighted by molar-refractivity contribution is -0.136. The van der Waals surface area contributed by atoms with Gasteiger partial charge in [-0.25, -0.2) is 4.98 Å². The summed E-state index contributed by atoms with van der Waals surface area (Å²) in [6.07, 6.45) is 4.95. The molecule has 23 heavy (non-hydrogen) atoms. The summed E-state index contributed by atoms with van der Waals surface area (Å²) in [7, 11) is -0.962. The van der Waals surface area contributed by atoms with Crippen molar-refractivity contribution < 1.29 is 14.5 Å². The molecule has 2 aromatic rings. The summed E-state index contributed by atoms with van der Waals surface area (Å²) < 4.78 is 5.49. The van der Waals surface area contributed by atoms with Crippen molar-refractivity contribution in [3.05, 3.63) is 30.0 Å². The normalized spacial score (nSPS) is 17.6. The number of fused-ring (bicyclic) bond motifs is 3. The number of pyridine rings is 1. The first-order chi connectivity index (χ1) is 11.2. The van der Waals surface area contributed by atoms with E-state index in [1.807, 2.05) is 24.1 Å². The van der Waals surface area contributed by atoms with Gasteiger partial charge in [-0.05, 0) is 24.0 Å². The van der Waals surface area contributed by atoms with Gasteiger partial charge in [-0.2, -0.15) is 0 Å². The SMILES string of the molecule is CCCC(=O)N1CC(C2=CB(O)Oc3cnc4[nH]ccc4c32)C1. The van der Waals surface area contributed by atoms with E-state index in [9.17, 15) is 9.82 Å². The number of nitrogens with zero attached hydrogens (tertiary/aromatic N) is 2. The molecule has 7 heteroatoms. The van der Waals surface area contributed by atoms with Crippen LogP contribution in [0.15, 0.2) is 24.4 Å². The Morgan fingerprint density at radius 1 is 1.57 bits per heavy atom. The number of carbonyl (C=O) groups is 1. The van der Waals surface area contributed by atoms with Gasteiger partial charge in [-0.15, -0.1) is 0 Å². The van der Waals surface area contributed by atoms with Crippen molar-refractivity contribution in [2.24, 2.45) is 5.92 Å².